The zero-order valence-electron chi connectivity index (χ0n) is 18.0. The normalized spacial score (nSPS) is 15.2. The summed E-state index contributed by atoms with van der Waals surface area (Å²) in [6.45, 7) is 7.09. The van der Waals surface area contributed by atoms with Crippen LogP contribution < -0.4 is 10.2 Å². The fraction of sp³-hybridized carbons (Fsp3) is 0.423. The molecule has 1 aliphatic rings. The second-order valence-corrected chi connectivity index (χ2v) is 8.21. The first-order valence-corrected chi connectivity index (χ1v) is 11.3. The summed E-state index contributed by atoms with van der Waals surface area (Å²) >= 11 is 0. The SMILES string of the molecule is CCCOc1ccc(-c2cn(CCN3CCCCCC3)c3ccccc3c2=O)cc1. The van der Waals surface area contributed by atoms with Crippen LogP contribution in [0.1, 0.15) is 39.0 Å². The van der Waals surface area contributed by atoms with Gasteiger partial charge < -0.3 is 14.2 Å². The number of hydrogen-bond donors (Lipinski definition) is 0. The maximum Gasteiger partial charge on any atom is 0.197 e. The van der Waals surface area contributed by atoms with Gasteiger partial charge in [-0.2, -0.15) is 0 Å². The van der Waals surface area contributed by atoms with Crippen molar-refractivity contribution in [2.45, 2.75) is 45.6 Å². The number of nitrogens with zero attached hydrogens (tertiary/aromatic N) is 2. The maximum absolute atomic E-state index is 13.2. The van der Waals surface area contributed by atoms with Crippen LogP contribution >= 0.6 is 0 Å². The first-order chi connectivity index (χ1) is 14.8. The van der Waals surface area contributed by atoms with Crippen molar-refractivity contribution in [2.24, 2.45) is 0 Å². The van der Waals surface area contributed by atoms with Gasteiger partial charge in [0.2, 0.25) is 0 Å². The first kappa shape index (κ1) is 20.7. The summed E-state index contributed by atoms with van der Waals surface area (Å²) in [5.41, 5.74) is 2.81. The van der Waals surface area contributed by atoms with Gasteiger partial charge in [-0.05, 0) is 62.2 Å². The predicted octanol–water partition coefficient (Wildman–Crippen LogP) is 5.33. The van der Waals surface area contributed by atoms with Crippen LogP contribution in [-0.4, -0.2) is 35.7 Å². The summed E-state index contributed by atoms with van der Waals surface area (Å²) in [6, 6.07) is 15.9. The number of benzene rings is 2. The minimum Gasteiger partial charge on any atom is -0.494 e. The smallest absolute Gasteiger partial charge is 0.197 e. The Morgan fingerprint density at radius 3 is 2.37 bits per heavy atom. The summed E-state index contributed by atoms with van der Waals surface area (Å²) in [5.74, 6) is 0.850. The number of likely N-dealkylation sites (tertiary alicyclic amines) is 1. The molecule has 1 fully saturated rings. The topological polar surface area (TPSA) is 34.5 Å². The van der Waals surface area contributed by atoms with Crippen molar-refractivity contribution < 1.29 is 4.74 Å². The van der Waals surface area contributed by atoms with Gasteiger partial charge in [0.05, 0.1) is 12.1 Å². The molecule has 3 aromatic rings. The van der Waals surface area contributed by atoms with Crippen LogP contribution in [0.25, 0.3) is 22.0 Å². The fourth-order valence-electron chi connectivity index (χ4n) is 4.30. The van der Waals surface area contributed by atoms with Gasteiger partial charge in [-0.15, -0.1) is 0 Å². The van der Waals surface area contributed by atoms with Crippen LogP contribution in [0.15, 0.2) is 59.5 Å². The van der Waals surface area contributed by atoms with Crippen molar-refractivity contribution in [3.05, 3.63) is 65.0 Å². The van der Waals surface area contributed by atoms with E-state index < -0.39 is 0 Å². The van der Waals surface area contributed by atoms with Gasteiger partial charge in [-0.3, -0.25) is 4.79 Å². The molecule has 4 heteroatoms. The van der Waals surface area contributed by atoms with Gasteiger partial charge in [0, 0.05) is 30.2 Å². The third-order valence-electron chi connectivity index (χ3n) is 5.98. The van der Waals surface area contributed by atoms with E-state index in [0.717, 1.165) is 47.3 Å². The third-order valence-corrected chi connectivity index (χ3v) is 5.98. The largest absolute Gasteiger partial charge is 0.494 e. The van der Waals surface area contributed by atoms with E-state index in [1.807, 2.05) is 48.7 Å². The molecule has 0 atom stereocenters. The molecule has 1 aromatic heterocycles. The van der Waals surface area contributed by atoms with Gasteiger partial charge in [0.15, 0.2) is 5.43 Å². The Morgan fingerprint density at radius 2 is 1.63 bits per heavy atom. The van der Waals surface area contributed by atoms with E-state index >= 15 is 0 Å². The molecule has 0 bridgehead atoms. The van der Waals surface area contributed by atoms with Crippen LogP contribution in [0.5, 0.6) is 5.75 Å². The average molecular weight is 405 g/mol. The Balaban J connectivity index is 1.65. The van der Waals surface area contributed by atoms with E-state index in [4.69, 9.17) is 4.74 Å². The quantitative estimate of drug-likeness (QED) is 0.534. The number of aromatic nitrogens is 1. The second kappa shape index (κ2) is 9.94. The molecule has 2 heterocycles. The van der Waals surface area contributed by atoms with E-state index in [1.165, 1.54) is 38.8 Å². The van der Waals surface area contributed by atoms with Gasteiger partial charge in [-0.25, -0.2) is 0 Å². The van der Waals surface area contributed by atoms with Crippen LogP contribution in [-0.2, 0) is 6.54 Å². The van der Waals surface area contributed by atoms with Crippen LogP contribution in [0.2, 0.25) is 0 Å². The van der Waals surface area contributed by atoms with Gasteiger partial charge in [-0.1, -0.05) is 44.0 Å². The van der Waals surface area contributed by atoms with Crippen molar-refractivity contribution in [1.82, 2.24) is 9.47 Å². The molecule has 0 radical (unpaired) electrons. The zero-order valence-corrected chi connectivity index (χ0v) is 18.0. The highest BCUT2D eigenvalue weighted by atomic mass is 16.5. The van der Waals surface area contributed by atoms with Crippen LogP contribution in [0, 0.1) is 0 Å². The van der Waals surface area contributed by atoms with Crippen molar-refractivity contribution in [3.8, 4) is 16.9 Å². The average Bonchev–Trinajstić information content (AvgIpc) is 3.07. The summed E-state index contributed by atoms with van der Waals surface area (Å²) in [5, 5.41) is 0.789. The molecule has 1 saturated heterocycles. The molecule has 4 nitrogen and oxygen atoms in total. The first-order valence-electron chi connectivity index (χ1n) is 11.3. The summed E-state index contributed by atoms with van der Waals surface area (Å²) in [7, 11) is 0. The number of ether oxygens (including phenoxy) is 1. The highest BCUT2D eigenvalue weighted by molar-refractivity contribution is 5.84. The van der Waals surface area contributed by atoms with E-state index in [9.17, 15) is 4.79 Å². The monoisotopic (exact) mass is 404 g/mol. The second-order valence-electron chi connectivity index (χ2n) is 8.21. The number of pyridine rings is 1. The number of rotatable bonds is 7. The third kappa shape index (κ3) is 4.76. The van der Waals surface area contributed by atoms with Gasteiger partial charge in [0.25, 0.3) is 0 Å². The molecular weight excluding hydrogens is 372 g/mol. The Kier molecular flexibility index (Phi) is 6.85. The molecular formula is C26H32N2O2. The fourth-order valence-corrected chi connectivity index (χ4v) is 4.30. The number of hydrogen-bond acceptors (Lipinski definition) is 3. The molecule has 4 rings (SSSR count). The minimum absolute atomic E-state index is 0.0962. The zero-order chi connectivity index (χ0) is 20.8. The molecule has 0 amide bonds. The van der Waals surface area contributed by atoms with Crippen LogP contribution in [0.3, 0.4) is 0 Å². The molecule has 0 unspecified atom stereocenters. The van der Waals surface area contributed by atoms with Crippen molar-refractivity contribution >= 4 is 10.9 Å². The van der Waals surface area contributed by atoms with Crippen molar-refractivity contribution in [2.75, 3.05) is 26.2 Å². The molecule has 0 saturated carbocycles. The molecule has 30 heavy (non-hydrogen) atoms. The lowest BCUT2D eigenvalue weighted by atomic mass is 10.0. The van der Waals surface area contributed by atoms with E-state index in [2.05, 4.69) is 22.5 Å². The number of para-hydroxylation sites is 1. The standard InChI is InChI=1S/C26H32N2O2/c1-2-19-30-22-13-11-21(12-14-22)24-20-28(18-17-27-15-7-3-4-8-16-27)25-10-6-5-9-23(25)26(24)29/h5-6,9-14,20H,2-4,7-8,15-19H2,1H3. The Bertz CT molecular complexity index is 1020. The van der Waals surface area contributed by atoms with E-state index in [-0.39, 0.29) is 5.43 Å². The molecule has 1 aliphatic heterocycles. The maximum atomic E-state index is 13.2. The van der Waals surface area contributed by atoms with Crippen molar-refractivity contribution in [1.29, 1.82) is 0 Å². The Labute approximate surface area is 179 Å². The highest BCUT2D eigenvalue weighted by Gasteiger charge is 2.13. The van der Waals surface area contributed by atoms with Gasteiger partial charge >= 0.3 is 0 Å². The van der Waals surface area contributed by atoms with E-state index in [0.29, 0.717) is 6.61 Å². The number of fused-ring (bicyclic) bond motifs is 1. The molecule has 0 aliphatic carbocycles. The van der Waals surface area contributed by atoms with E-state index in [1.54, 1.807) is 0 Å². The molecule has 2 aromatic carbocycles. The van der Waals surface area contributed by atoms with Gasteiger partial charge in [0.1, 0.15) is 5.75 Å². The molecule has 0 spiro atoms. The Hall–Kier alpha value is -2.59. The lowest BCUT2D eigenvalue weighted by Crippen LogP contribution is -2.29. The highest BCUT2D eigenvalue weighted by Crippen LogP contribution is 2.23. The Morgan fingerprint density at radius 1 is 0.900 bits per heavy atom. The van der Waals surface area contributed by atoms with Crippen molar-refractivity contribution in [3.63, 3.8) is 0 Å². The molecule has 0 N–H and O–H groups in total. The predicted molar refractivity (Wildman–Crippen MR) is 124 cm³/mol. The lowest BCUT2D eigenvalue weighted by molar-refractivity contribution is 0.274. The summed E-state index contributed by atoms with van der Waals surface area (Å²) in [4.78, 5) is 15.8. The molecule has 158 valence electrons. The summed E-state index contributed by atoms with van der Waals surface area (Å²) in [6.07, 6.45) is 8.31. The lowest BCUT2D eigenvalue weighted by Gasteiger charge is -2.22. The van der Waals surface area contributed by atoms with Crippen LogP contribution in [0.4, 0.5) is 0 Å². The summed E-state index contributed by atoms with van der Waals surface area (Å²) < 4.78 is 7.96. The minimum atomic E-state index is 0.0962.